The highest BCUT2D eigenvalue weighted by molar-refractivity contribution is 5.38. The van der Waals surface area contributed by atoms with Crippen molar-refractivity contribution >= 4 is 0 Å². The molecule has 0 radical (unpaired) electrons. The number of aryl methyl sites for hydroxylation is 3. The molecule has 2 atom stereocenters. The van der Waals surface area contributed by atoms with Crippen LogP contribution >= 0.6 is 0 Å². The second-order valence-electron chi connectivity index (χ2n) is 5.93. The molecule has 2 aromatic rings. The van der Waals surface area contributed by atoms with E-state index in [-0.39, 0.29) is 12.1 Å². The number of nitrogens with one attached hydrogen (secondary N) is 1. The summed E-state index contributed by atoms with van der Waals surface area (Å²) in [7, 11) is 2.02. The lowest BCUT2D eigenvalue weighted by Crippen LogP contribution is -2.38. The highest BCUT2D eigenvalue weighted by Crippen LogP contribution is 2.33. The number of benzene rings is 2. The molecular formula is C19H23NO. The highest BCUT2D eigenvalue weighted by atomic mass is 16.5. The summed E-state index contributed by atoms with van der Waals surface area (Å²) in [6.45, 7) is 4.22. The Morgan fingerprint density at radius 3 is 2.71 bits per heavy atom. The number of likely N-dealkylation sites (N-methyl/N-ethyl adjacent to an activating group) is 1. The van der Waals surface area contributed by atoms with Gasteiger partial charge in [-0.3, -0.25) is 0 Å². The van der Waals surface area contributed by atoms with E-state index in [1.165, 1.54) is 22.3 Å². The predicted octanol–water partition coefficient (Wildman–Crippen LogP) is 3.96. The molecule has 2 aromatic carbocycles. The van der Waals surface area contributed by atoms with Gasteiger partial charge >= 0.3 is 0 Å². The summed E-state index contributed by atoms with van der Waals surface area (Å²) in [5, 5.41) is 3.44. The molecule has 0 amide bonds. The maximum atomic E-state index is 6.36. The molecule has 0 saturated heterocycles. The fraction of sp³-hybridized carbons (Fsp3) is 0.368. The lowest BCUT2D eigenvalue weighted by Gasteiger charge is -2.34. The molecule has 0 aromatic heterocycles. The van der Waals surface area contributed by atoms with Gasteiger partial charge < -0.3 is 10.1 Å². The van der Waals surface area contributed by atoms with Crippen LogP contribution in [0.1, 0.15) is 34.7 Å². The van der Waals surface area contributed by atoms with Crippen LogP contribution in [0.3, 0.4) is 0 Å². The Hall–Kier alpha value is -1.80. The molecule has 1 N–H and O–H groups in total. The minimum atomic E-state index is 0.186. The lowest BCUT2D eigenvalue weighted by molar-refractivity contribution is 0.138. The van der Waals surface area contributed by atoms with E-state index in [4.69, 9.17) is 4.74 Å². The Morgan fingerprint density at radius 2 is 1.90 bits per heavy atom. The van der Waals surface area contributed by atoms with Crippen LogP contribution < -0.4 is 10.1 Å². The summed E-state index contributed by atoms with van der Waals surface area (Å²) < 4.78 is 6.36. The molecule has 0 saturated carbocycles. The maximum Gasteiger partial charge on any atom is 0.122 e. The van der Waals surface area contributed by atoms with Crippen molar-refractivity contribution in [2.45, 2.75) is 38.8 Å². The van der Waals surface area contributed by atoms with Crippen molar-refractivity contribution in [3.63, 3.8) is 0 Å². The molecule has 2 nitrogen and oxygen atoms in total. The molecule has 110 valence electrons. The predicted molar refractivity (Wildman–Crippen MR) is 86.9 cm³/mol. The first-order chi connectivity index (χ1) is 10.2. The fourth-order valence-electron chi connectivity index (χ4n) is 3.20. The number of rotatable bonds is 3. The highest BCUT2D eigenvalue weighted by Gasteiger charge is 2.30. The Balaban J connectivity index is 1.88. The molecule has 0 spiro atoms. The first-order valence-electron chi connectivity index (χ1n) is 7.68. The number of hydrogen-bond donors (Lipinski definition) is 1. The van der Waals surface area contributed by atoms with E-state index in [0.29, 0.717) is 0 Å². The summed E-state index contributed by atoms with van der Waals surface area (Å²) in [6.07, 6.45) is 2.32. The van der Waals surface area contributed by atoms with E-state index in [0.717, 1.165) is 18.6 Å². The van der Waals surface area contributed by atoms with Gasteiger partial charge in [0.05, 0.1) is 6.04 Å². The van der Waals surface area contributed by atoms with Crippen LogP contribution in [0.2, 0.25) is 0 Å². The van der Waals surface area contributed by atoms with Crippen LogP contribution in [0.5, 0.6) is 5.75 Å². The van der Waals surface area contributed by atoms with Gasteiger partial charge in [0.25, 0.3) is 0 Å². The van der Waals surface area contributed by atoms with Crippen molar-refractivity contribution in [1.29, 1.82) is 0 Å². The molecule has 2 heteroatoms. The molecular weight excluding hydrogens is 258 g/mol. The summed E-state index contributed by atoms with van der Waals surface area (Å²) in [6, 6.07) is 15.4. The summed E-state index contributed by atoms with van der Waals surface area (Å²) in [4.78, 5) is 0. The Labute approximate surface area is 127 Å². The maximum absolute atomic E-state index is 6.36. The zero-order chi connectivity index (χ0) is 14.8. The van der Waals surface area contributed by atoms with Crippen LogP contribution in [-0.2, 0) is 6.42 Å². The van der Waals surface area contributed by atoms with Crippen molar-refractivity contribution < 1.29 is 4.74 Å². The van der Waals surface area contributed by atoms with Gasteiger partial charge in [-0.1, -0.05) is 36.4 Å². The van der Waals surface area contributed by atoms with Gasteiger partial charge in [0.15, 0.2) is 0 Å². The topological polar surface area (TPSA) is 21.3 Å². The normalized spacial score (nSPS) is 20.9. The summed E-state index contributed by atoms with van der Waals surface area (Å²) >= 11 is 0. The number of fused-ring (bicyclic) bond motifs is 1. The molecule has 21 heavy (non-hydrogen) atoms. The quantitative estimate of drug-likeness (QED) is 0.919. The van der Waals surface area contributed by atoms with E-state index in [9.17, 15) is 0 Å². The van der Waals surface area contributed by atoms with E-state index < -0.39 is 0 Å². The van der Waals surface area contributed by atoms with Gasteiger partial charge in [-0.25, -0.2) is 0 Å². The lowest BCUT2D eigenvalue weighted by atomic mass is 9.85. The first-order valence-corrected chi connectivity index (χ1v) is 7.68. The van der Waals surface area contributed by atoms with Crippen molar-refractivity contribution in [1.82, 2.24) is 5.32 Å². The third-order valence-corrected chi connectivity index (χ3v) is 4.39. The average Bonchev–Trinajstić information content (AvgIpc) is 2.50. The zero-order valence-corrected chi connectivity index (χ0v) is 13.0. The molecule has 1 aliphatic rings. The molecule has 1 aliphatic carbocycles. The van der Waals surface area contributed by atoms with Crippen LogP contribution in [0.15, 0.2) is 42.5 Å². The SMILES string of the molecule is CNC1c2ccccc2CCC1Oc1cc(C)ccc1C. The largest absolute Gasteiger partial charge is 0.488 e. The molecule has 0 aliphatic heterocycles. The van der Waals surface area contributed by atoms with E-state index in [2.05, 4.69) is 61.6 Å². The van der Waals surface area contributed by atoms with Gasteiger partial charge in [-0.15, -0.1) is 0 Å². The third kappa shape index (κ3) is 2.81. The van der Waals surface area contributed by atoms with E-state index >= 15 is 0 Å². The second-order valence-corrected chi connectivity index (χ2v) is 5.93. The van der Waals surface area contributed by atoms with Crippen LogP contribution in [0.4, 0.5) is 0 Å². The van der Waals surface area contributed by atoms with Crippen LogP contribution in [-0.4, -0.2) is 13.2 Å². The average molecular weight is 281 g/mol. The fourth-order valence-corrected chi connectivity index (χ4v) is 3.20. The Kier molecular flexibility index (Phi) is 3.98. The van der Waals surface area contributed by atoms with E-state index in [1.54, 1.807) is 0 Å². The second kappa shape index (κ2) is 5.90. The van der Waals surface area contributed by atoms with Gasteiger partial charge in [0, 0.05) is 0 Å². The van der Waals surface area contributed by atoms with Crippen LogP contribution in [0, 0.1) is 13.8 Å². The van der Waals surface area contributed by atoms with Crippen molar-refractivity contribution in [3.05, 3.63) is 64.7 Å². The van der Waals surface area contributed by atoms with Crippen molar-refractivity contribution in [2.24, 2.45) is 0 Å². The molecule has 0 heterocycles. The van der Waals surface area contributed by atoms with Gasteiger partial charge in [0.1, 0.15) is 11.9 Å². The minimum Gasteiger partial charge on any atom is -0.488 e. The number of hydrogen-bond acceptors (Lipinski definition) is 2. The Bertz CT molecular complexity index is 635. The smallest absolute Gasteiger partial charge is 0.122 e. The zero-order valence-electron chi connectivity index (χ0n) is 13.0. The monoisotopic (exact) mass is 281 g/mol. The molecule has 0 bridgehead atoms. The summed E-state index contributed by atoms with van der Waals surface area (Å²) in [5.74, 6) is 1.01. The first kappa shape index (κ1) is 14.2. The third-order valence-electron chi connectivity index (χ3n) is 4.39. The summed E-state index contributed by atoms with van der Waals surface area (Å²) in [5.41, 5.74) is 5.27. The molecule has 0 fully saturated rings. The molecule has 2 unspecified atom stereocenters. The van der Waals surface area contributed by atoms with Crippen molar-refractivity contribution in [3.8, 4) is 5.75 Å². The van der Waals surface area contributed by atoms with Gasteiger partial charge in [0.2, 0.25) is 0 Å². The molecule has 3 rings (SSSR count). The Morgan fingerprint density at radius 1 is 1.10 bits per heavy atom. The van der Waals surface area contributed by atoms with Crippen molar-refractivity contribution in [2.75, 3.05) is 7.05 Å². The minimum absolute atomic E-state index is 0.186. The number of ether oxygens (including phenoxy) is 1. The van der Waals surface area contributed by atoms with Crippen LogP contribution in [0.25, 0.3) is 0 Å². The standard InChI is InChI=1S/C19H23NO/c1-13-8-9-14(2)18(12-13)21-17-11-10-15-6-4-5-7-16(15)19(17)20-3/h4-9,12,17,19-20H,10-11H2,1-3H3. The van der Waals surface area contributed by atoms with Gasteiger partial charge in [-0.2, -0.15) is 0 Å². The van der Waals surface area contributed by atoms with E-state index in [1.807, 2.05) is 7.05 Å². The van der Waals surface area contributed by atoms with Gasteiger partial charge in [-0.05, 0) is 62.1 Å².